The maximum absolute atomic E-state index is 2.40. The molecule has 1 aliphatic carbocycles. The van der Waals surface area contributed by atoms with Crippen LogP contribution in [0.4, 0.5) is 0 Å². The second-order valence-electron chi connectivity index (χ2n) is 10.1. The Labute approximate surface area is 207 Å². The van der Waals surface area contributed by atoms with Gasteiger partial charge in [-0.15, -0.1) is 0 Å². The van der Waals surface area contributed by atoms with Crippen molar-refractivity contribution in [1.29, 1.82) is 0 Å². The molecule has 0 amide bonds. The highest BCUT2D eigenvalue weighted by Gasteiger charge is 2.24. The second-order valence-corrected chi connectivity index (χ2v) is 10.1. The summed E-state index contributed by atoms with van der Waals surface area (Å²) < 4.78 is 0. The first-order valence-corrected chi connectivity index (χ1v) is 13.2. The quantitative estimate of drug-likeness (QED) is 0.226. The van der Waals surface area contributed by atoms with Gasteiger partial charge < -0.3 is 0 Å². The topological polar surface area (TPSA) is 0 Å². The van der Waals surface area contributed by atoms with E-state index in [1.54, 1.807) is 0 Å². The van der Waals surface area contributed by atoms with E-state index in [0.29, 0.717) is 5.92 Å². The fourth-order valence-corrected chi connectivity index (χ4v) is 5.43. The number of benzene rings is 3. The van der Waals surface area contributed by atoms with Crippen molar-refractivity contribution < 1.29 is 0 Å². The third kappa shape index (κ3) is 7.07. The predicted octanol–water partition coefficient (Wildman–Crippen LogP) is 9.83. The molecule has 0 heterocycles. The maximum atomic E-state index is 2.40. The van der Waals surface area contributed by atoms with Gasteiger partial charge in [0.25, 0.3) is 0 Å². The van der Waals surface area contributed by atoms with Gasteiger partial charge in [-0.25, -0.2) is 0 Å². The number of hydrogen-bond acceptors (Lipinski definition) is 0. The van der Waals surface area contributed by atoms with E-state index in [4.69, 9.17) is 0 Å². The third-order valence-corrected chi connectivity index (χ3v) is 7.59. The minimum absolute atomic E-state index is 0.670. The first-order valence-electron chi connectivity index (χ1n) is 13.2. The van der Waals surface area contributed by atoms with Crippen molar-refractivity contribution in [3.05, 3.63) is 119 Å². The number of hydrogen-bond donors (Lipinski definition) is 0. The molecule has 0 aliphatic heterocycles. The van der Waals surface area contributed by atoms with Gasteiger partial charge in [-0.3, -0.25) is 0 Å². The van der Waals surface area contributed by atoms with E-state index in [2.05, 4.69) is 117 Å². The molecule has 0 heteroatoms. The van der Waals surface area contributed by atoms with Crippen LogP contribution in [0.2, 0.25) is 0 Å². The van der Waals surface area contributed by atoms with Crippen molar-refractivity contribution in [3.8, 4) is 0 Å². The van der Waals surface area contributed by atoms with E-state index >= 15 is 0 Å². The summed E-state index contributed by atoms with van der Waals surface area (Å²) in [6, 6.07) is 29.3. The lowest BCUT2D eigenvalue weighted by Gasteiger charge is -2.30. The van der Waals surface area contributed by atoms with Crippen LogP contribution in [0.1, 0.15) is 92.0 Å². The molecule has 176 valence electrons. The summed E-state index contributed by atoms with van der Waals surface area (Å²) in [6.45, 7) is 4.48. The predicted molar refractivity (Wildman–Crippen MR) is 149 cm³/mol. The van der Waals surface area contributed by atoms with Gasteiger partial charge in [0.2, 0.25) is 0 Å². The van der Waals surface area contributed by atoms with E-state index in [1.807, 2.05) is 0 Å². The zero-order valence-corrected chi connectivity index (χ0v) is 21.0. The first-order chi connectivity index (χ1) is 16.7. The molecular weight excluding hydrogens is 408 g/mol. The Balaban J connectivity index is 1.25. The summed E-state index contributed by atoms with van der Waals surface area (Å²) >= 11 is 0. The zero-order chi connectivity index (χ0) is 23.6. The molecule has 0 spiro atoms. The Morgan fingerprint density at radius 2 is 1.38 bits per heavy atom. The van der Waals surface area contributed by atoms with Gasteiger partial charge in [-0.2, -0.15) is 0 Å². The fraction of sp³-hybridized carbons (Fsp3) is 0.353. The average Bonchev–Trinajstić information content (AvgIpc) is 2.90. The molecule has 3 aromatic rings. The van der Waals surface area contributed by atoms with Crippen LogP contribution >= 0.6 is 0 Å². The second kappa shape index (κ2) is 12.6. The van der Waals surface area contributed by atoms with Crippen LogP contribution in [0.5, 0.6) is 0 Å². The maximum Gasteiger partial charge on any atom is -0.0162 e. The first kappa shape index (κ1) is 24.3. The van der Waals surface area contributed by atoms with Gasteiger partial charge >= 0.3 is 0 Å². The molecule has 1 atom stereocenters. The van der Waals surface area contributed by atoms with Gasteiger partial charge in [0, 0.05) is 0 Å². The molecule has 0 saturated heterocycles. The Morgan fingerprint density at radius 1 is 0.765 bits per heavy atom. The highest BCUT2D eigenvalue weighted by Crippen LogP contribution is 2.39. The van der Waals surface area contributed by atoms with E-state index in [1.165, 1.54) is 59.9 Å². The number of aryl methyl sites for hydroxylation is 1. The monoisotopic (exact) mass is 448 g/mol. The number of allylic oxidation sites excluding steroid dienone is 2. The van der Waals surface area contributed by atoms with E-state index in [9.17, 15) is 0 Å². The lowest BCUT2D eigenvalue weighted by Crippen LogP contribution is -2.15. The summed E-state index contributed by atoms with van der Waals surface area (Å²) in [5.41, 5.74) is 6.97. The van der Waals surface area contributed by atoms with Crippen LogP contribution in [0, 0.1) is 5.92 Å². The van der Waals surface area contributed by atoms with Crippen LogP contribution < -0.4 is 0 Å². The van der Waals surface area contributed by atoms with Gasteiger partial charge in [0.1, 0.15) is 0 Å². The summed E-state index contributed by atoms with van der Waals surface area (Å²) in [6.07, 6.45) is 17.8. The van der Waals surface area contributed by atoms with Crippen molar-refractivity contribution in [2.45, 2.75) is 70.6 Å². The van der Waals surface area contributed by atoms with Crippen LogP contribution in [0.25, 0.3) is 12.2 Å². The van der Waals surface area contributed by atoms with Gasteiger partial charge in [-0.1, -0.05) is 110 Å². The summed E-state index contributed by atoms with van der Waals surface area (Å²) in [5, 5.41) is 0. The van der Waals surface area contributed by atoms with Gasteiger partial charge in [-0.05, 0) is 97.4 Å². The van der Waals surface area contributed by atoms with Crippen LogP contribution in [-0.4, -0.2) is 0 Å². The van der Waals surface area contributed by atoms with Crippen molar-refractivity contribution in [2.75, 3.05) is 0 Å². The van der Waals surface area contributed by atoms with Crippen molar-refractivity contribution >= 4 is 12.2 Å². The summed E-state index contributed by atoms with van der Waals surface area (Å²) in [4.78, 5) is 0. The zero-order valence-electron chi connectivity index (χ0n) is 21.0. The molecule has 34 heavy (non-hydrogen) atoms. The Bertz CT molecular complexity index is 1030. The minimum atomic E-state index is 0.670. The minimum Gasteiger partial charge on any atom is -0.0917 e. The van der Waals surface area contributed by atoms with Gasteiger partial charge in [0.15, 0.2) is 0 Å². The summed E-state index contributed by atoms with van der Waals surface area (Å²) in [7, 11) is 0. The fourth-order valence-electron chi connectivity index (χ4n) is 5.43. The lowest BCUT2D eigenvalue weighted by molar-refractivity contribution is 0.297. The van der Waals surface area contributed by atoms with E-state index in [0.717, 1.165) is 24.7 Å². The normalized spacial score (nSPS) is 19.6. The summed E-state index contributed by atoms with van der Waals surface area (Å²) in [5.74, 6) is 2.28. The smallest absolute Gasteiger partial charge is 0.0162 e. The third-order valence-electron chi connectivity index (χ3n) is 7.59. The Kier molecular flexibility index (Phi) is 8.97. The molecule has 0 N–H and O–H groups in total. The molecule has 1 fully saturated rings. The lowest BCUT2D eigenvalue weighted by atomic mass is 9.75. The van der Waals surface area contributed by atoms with Crippen molar-refractivity contribution in [1.82, 2.24) is 0 Å². The van der Waals surface area contributed by atoms with Crippen LogP contribution in [0.3, 0.4) is 0 Å². The largest absolute Gasteiger partial charge is 0.0917 e. The van der Waals surface area contributed by atoms with Crippen LogP contribution in [-0.2, 0) is 6.42 Å². The Morgan fingerprint density at radius 3 is 2.00 bits per heavy atom. The average molecular weight is 449 g/mol. The molecular formula is C34H40. The molecule has 0 bridgehead atoms. The molecule has 0 aromatic heterocycles. The molecule has 1 saturated carbocycles. The highest BCUT2D eigenvalue weighted by molar-refractivity contribution is 5.69. The molecule has 1 unspecified atom stereocenters. The standard InChI is InChI=1S/C34H40/c1-3-4-6-9-28-12-14-29(15-13-28)16-17-30-18-22-33(23-19-30)34-24-20-31(21-25-34)26-27(2)32-10-7-5-8-11-32/h3-5,7-8,10-19,22-23,27,31,34H,6,9,20-21,24-26H2,1-2H3/b4-3+,17-16+. The molecule has 0 nitrogen and oxygen atoms in total. The van der Waals surface area contributed by atoms with E-state index in [-0.39, 0.29) is 0 Å². The SMILES string of the molecule is C/C=C/CCc1ccc(/C=C/c2ccc(C3CCC(CC(C)c4ccccc4)CC3)cc2)cc1. The van der Waals surface area contributed by atoms with Crippen molar-refractivity contribution in [3.63, 3.8) is 0 Å². The molecule has 0 radical (unpaired) electrons. The van der Waals surface area contributed by atoms with Gasteiger partial charge in [0.05, 0.1) is 0 Å². The Hall–Kier alpha value is -2.86. The van der Waals surface area contributed by atoms with Crippen LogP contribution in [0.15, 0.2) is 91.0 Å². The number of rotatable bonds is 9. The van der Waals surface area contributed by atoms with E-state index < -0.39 is 0 Å². The highest BCUT2D eigenvalue weighted by atomic mass is 14.3. The van der Waals surface area contributed by atoms with Crippen molar-refractivity contribution in [2.24, 2.45) is 5.92 Å². The molecule has 4 rings (SSSR count). The molecule has 3 aromatic carbocycles. The molecule has 1 aliphatic rings.